The minimum Gasteiger partial charge on any atom is -0.491 e. The van der Waals surface area contributed by atoms with Crippen molar-refractivity contribution in [1.29, 1.82) is 0 Å². The van der Waals surface area contributed by atoms with Gasteiger partial charge in [-0.1, -0.05) is 42.2 Å². The van der Waals surface area contributed by atoms with Crippen molar-refractivity contribution in [3.63, 3.8) is 0 Å². The molecule has 170 valence electrons. The Morgan fingerprint density at radius 3 is 2.47 bits per heavy atom. The first-order valence-corrected chi connectivity index (χ1v) is 11.6. The van der Waals surface area contributed by atoms with E-state index in [1.54, 1.807) is 7.05 Å². The van der Waals surface area contributed by atoms with Crippen molar-refractivity contribution in [2.24, 2.45) is 0 Å². The highest BCUT2D eigenvalue weighted by molar-refractivity contribution is 8.26. The number of likely N-dealkylation sites (N-methyl/N-ethyl adjacent to an activating group) is 1. The normalized spacial score (nSPS) is 14.8. The van der Waals surface area contributed by atoms with Gasteiger partial charge in [0.1, 0.15) is 23.3 Å². The fourth-order valence-corrected chi connectivity index (χ4v) is 4.11. The fraction of sp³-hybridized carbons (Fsp3) is 0.333. The van der Waals surface area contributed by atoms with Gasteiger partial charge in [-0.3, -0.25) is 9.69 Å². The third-order valence-corrected chi connectivity index (χ3v) is 6.01. The van der Waals surface area contributed by atoms with Crippen LogP contribution in [0.4, 0.5) is 0 Å². The molecule has 1 heterocycles. The van der Waals surface area contributed by atoms with Crippen molar-refractivity contribution in [2.75, 3.05) is 40.1 Å². The molecule has 0 radical (unpaired) electrons. The van der Waals surface area contributed by atoms with Crippen LogP contribution >= 0.6 is 24.0 Å². The van der Waals surface area contributed by atoms with E-state index in [2.05, 4.69) is 0 Å². The monoisotopic (exact) mass is 473 g/mol. The van der Waals surface area contributed by atoms with Gasteiger partial charge >= 0.3 is 0 Å². The number of benzene rings is 2. The summed E-state index contributed by atoms with van der Waals surface area (Å²) < 4.78 is 23.4. The van der Waals surface area contributed by atoms with E-state index in [1.165, 1.54) is 16.7 Å². The zero-order chi connectivity index (χ0) is 22.9. The molecule has 2 aromatic rings. The number of nitrogens with zero attached hydrogens (tertiary/aromatic N) is 1. The predicted octanol–water partition coefficient (Wildman–Crippen LogP) is 4.70. The van der Waals surface area contributed by atoms with E-state index in [1.807, 2.05) is 62.4 Å². The standard InChI is InChI=1S/C24H27NO5S2/c1-4-28-21-15-18(16-22-23(26)25(3)24(31)32-22)8-9-20(21)30-13-11-27-10-12-29-19-7-5-6-17(2)14-19/h5-9,14-16H,4,10-13H2,1-3H3. The van der Waals surface area contributed by atoms with Crippen LogP contribution in [0.2, 0.25) is 0 Å². The van der Waals surface area contributed by atoms with Crippen LogP contribution in [0.5, 0.6) is 17.2 Å². The van der Waals surface area contributed by atoms with Gasteiger partial charge in [0.2, 0.25) is 0 Å². The Balaban J connectivity index is 1.47. The van der Waals surface area contributed by atoms with Crippen LogP contribution in [0, 0.1) is 6.92 Å². The van der Waals surface area contributed by atoms with E-state index in [0.717, 1.165) is 16.9 Å². The predicted molar refractivity (Wildman–Crippen MR) is 132 cm³/mol. The summed E-state index contributed by atoms with van der Waals surface area (Å²) >= 11 is 6.47. The van der Waals surface area contributed by atoms with Gasteiger partial charge in [0.15, 0.2) is 11.5 Å². The first kappa shape index (κ1) is 24.1. The molecule has 1 aliphatic rings. The first-order valence-electron chi connectivity index (χ1n) is 10.4. The Kier molecular flexibility index (Phi) is 8.96. The number of carbonyl (C=O) groups is 1. The van der Waals surface area contributed by atoms with E-state index >= 15 is 0 Å². The Labute approximate surface area is 198 Å². The Bertz CT molecular complexity index is 992. The Morgan fingerprint density at radius 2 is 1.78 bits per heavy atom. The topological polar surface area (TPSA) is 57.2 Å². The largest absolute Gasteiger partial charge is 0.491 e. The fourth-order valence-electron chi connectivity index (χ4n) is 2.94. The molecular formula is C24H27NO5S2. The van der Waals surface area contributed by atoms with Gasteiger partial charge in [0.05, 0.1) is 24.7 Å². The molecule has 1 amide bonds. The van der Waals surface area contributed by atoms with Crippen molar-refractivity contribution in [3.8, 4) is 17.2 Å². The maximum Gasteiger partial charge on any atom is 0.265 e. The van der Waals surface area contributed by atoms with Gasteiger partial charge in [0.25, 0.3) is 5.91 Å². The second kappa shape index (κ2) is 11.9. The molecule has 32 heavy (non-hydrogen) atoms. The summed E-state index contributed by atoms with van der Waals surface area (Å²) in [5, 5.41) is 0. The Morgan fingerprint density at radius 1 is 1.00 bits per heavy atom. The summed E-state index contributed by atoms with van der Waals surface area (Å²) in [6, 6.07) is 13.5. The SMILES string of the molecule is CCOc1cc(C=C2SC(=S)N(C)C2=O)ccc1OCCOCCOc1cccc(C)c1. The molecule has 0 aliphatic carbocycles. The van der Waals surface area contributed by atoms with Crippen LogP contribution in [0.25, 0.3) is 6.08 Å². The number of thiocarbonyl (C=S) groups is 1. The van der Waals surface area contributed by atoms with E-state index in [-0.39, 0.29) is 5.91 Å². The summed E-state index contributed by atoms with van der Waals surface area (Å²) in [6.07, 6.45) is 1.81. The lowest BCUT2D eigenvalue weighted by molar-refractivity contribution is -0.121. The molecule has 0 aromatic heterocycles. The number of thioether (sulfide) groups is 1. The third kappa shape index (κ3) is 6.72. The maximum absolute atomic E-state index is 12.2. The number of carbonyl (C=O) groups excluding carboxylic acids is 1. The number of hydrogen-bond acceptors (Lipinski definition) is 7. The van der Waals surface area contributed by atoms with E-state index < -0.39 is 0 Å². The number of rotatable bonds is 11. The first-order chi connectivity index (χ1) is 15.5. The molecule has 0 saturated carbocycles. The minimum absolute atomic E-state index is 0.0955. The lowest BCUT2D eigenvalue weighted by Crippen LogP contribution is -2.22. The van der Waals surface area contributed by atoms with E-state index in [9.17, 15) is 4.79 Å². The molecule has 3 rings (SSSR count). The molecule has 1 fully saturated rings. The molecular weight excluding hydrogens is 446 g/mol. The summed E-state index contributed by atoms with van der Waals surface area (Å²) in [5.41, 5.74) is 2.01. The third-order valence-electron chi connectivity index (χ3n) is 4.52. The summed E-state index contributed by atoms with van der Waals surface area (Å²) in [7, 11) is 1.68. The number of aryl methyl sites for hydroxylation is 1. The highest BCUT2D eigenvalue weighted by Gasteiger charge is 2.28. The number of hydrogen-bond donors (Lipinski definition) is 0. The lowest BCUT2D eigenvalue weighted by Gasteiger charge is -2.13. The van der Waals surface area contributed by atoms with Gasteiger partial charge in [-0.05, 0) is 55.3 Å². The molecule has 8 heteroatoms. The van der Waals surface area contributed by atoms with Crippen LogP contribution in [-0.4, -0.2) is 55.2 Å². The van der Waals surface area contributed by atoms with E-state index in [4.69, 9.17) is 31.2 Å². The molecule has 1 aliphatic heterocycles. The summed E-state index contributed by atoms with van der Waals surface area (Å²) in [6.45, 7) is 6.22. The van der Waals surface area contributed by atoms with Crippen molar-refractivity contribution < 1.29 is 23.7 Å². The summed E-state index contributed by atoms with van der Waals surface area (Å²) in [5.74, 6) is 2.00. The molecule has 1 saturated heterocycles. The van der Waals surface area contributed by atoms with Gasteiger partial charge in [-0.25, -0.2) is 0 Å². The number of ether oxygens (including phenoxy) is 4. The molecule has 0 N–H and O–H groups in total. The second-order valence-corrected chi connectivity index (χ2v) is 8.68. The highest BCUT2D eigenvalue weighted by Crippen LogP contribution is 2.34. The zero-order valence-electron chi connectivity index (χ0n) is 18.5. The maximum atomic E-state index is 12.2. The molecule has 2 aromatic carbocycles. The van der Waals surface area contributed by atoms with Crippen LogP contribution in [-0.2, 0) is 9.53 Å². The molecule has 6 nitrogen and oxygen atoms in total. The summed E-state index contributed by atoms with van der Waals surface area (Å²) in [4.78, 5) is 14.3. The molecule has 0 unspecified atom stereocenters. The highest BCUT2D eigenvalue weighted by atomic mass is 32.2. The van der Waals surface area contributed by atoms with Crippen LogP contribution in [0.15, 0.2) is 47.4 Å². The molecule has 0 bridgehead atoms. The lowest BCUT2D eigenvalue weighted by atomic mass is 10.2. The van der Waals surface area contributed by atoms with Crippen molar-refractivity contribution in [3.05, 3.63) is 58.5 Å². The van der Waals surface area contributed by atoms with Gasteiger partial charge in [-0.2, -0.15) is 0 Å². The smallest absolute Gasteiger partial charge is 0.265 e. The van der Waals surface area contributed by atoms with Gasteiger partial charge in [-0.15, -0.1) is 0 Å². The van der Waals surface area contributed by atoms with Crippen molar-refractivity contribution in [2.45, 2.75) is 13.8 Å². The van der Waals surface area contributed by atoms with Gasteiger partial charge < -0.3 is 18.9 Å². The molecule has 0 spiro atoms. The quantitative estimate of drug-likeness (QED) is 0.266. The average molecular weight is 474 g/mol. The average Bonchev–Trinajstić information content (AvgIpc) is 3.01. The Hall–Kier alpha value is -2.55. The van der Waals surface area contributed by atoms with Gasteiger partial charge in [0, 0.05) is 7.05 Å². The van der Waals surface area contributed by atoms with Crippen molar-refractivity contribution >= 4 is 40.3 Å². The second-order valence-electron chi connectivity index (χ2n) is 7.01. The molecule has 0 atom stereocenters. The van der Waals surface area contributed by atoms with Crippen LogP contribution in [0.3, 0.4) is 0 Å². The minimum atomic E-state index is -0.0955. The van der Waals surface area contributed by atoms with E-state index in [0.29, 0.717) is 53.8 Å². The van der Waals surface area contributed by atoms with Crippen molar-refractivity contribution in [1.82, 2.24) is 4.90 Å². The van der Waals surface area contributed by atoms with Crippen LogP contribution in [0.1, 0.15) is 18.1 Å². The number of amides is 1. The van der Waals surface area contributed by atoms with Crippen LogP contribution < -0.4 is 14.2 Å². The zero-order valence-corrected chi connectivity index (χ0v) is 20.1.